The van der Waals surface area contributed by atoms with Crippen molar-refractivity contribution in [3.05, 3.63) is 35.9 Å². The van der Waals surface area contributed by atoms with Crippen LogP contribution in [-0.4, -0.2) is 29.9 Å². The molecule has 1 fully saturated rings. The van der Waals surface area contributed by atoms with Crippen molar-refractivity contribution in [2.45, 2.75) is 51.5 Å². The number of hydrogen-bond acceptors (Lipinski definition) is 2. The van der Waals surface area contributed by atoms with Gasteiger partial charge in [-0.1, -0.05) is 50.1 Å². The lowest BCUT2D eigenvalue weighted by Crippen LogP contribution is -2.45. The molecule has 3 heteroatoms. The van der Waals surface area contributed by atoms with E-state index in [2.05, 4.69) is 6.92 Å². The zero-order chi connectivity index (χ0) is 15.1. The molecule has 0 saturated carbocycles. The van der Waals surface area contributed by atoms with Crippen molar-refractivity contribution in [2.24, 2.45) is 11.7 Å². The van der Waals surface area contributed by atoms with Gasteiger partial charge in [-0.25, -0.2) is 0 Å². The molecule has 2 rings (SSSR count). The maximum absolute atomic E-state index is 12.5. The number of nitrogens with two attached hydrogens (primary N) is 1. The normalized spacial score (nSPS) is 20.9. The lowest BCUT2D eigenvalue weighted by Gasteiger charge is -2.24. The Labute approximate surface area is 128 Å². The van der Waals surface area contributed by atoms with Crippen molar-refractivity contribution in [3.63, 3.8) is 0 Å². The highest BCUT2D eigenvalue weighted by Gasteiger charge is 2.24. The maximum atomic E-state index is 12.5. The van der Waals surface area contributed by atoms with Crippen molar-refractivity contribution < 1.29 is 4.79 Å². The summed E-state index contributed by atoms with van der Waals surface area (Å²) in [6.45, 7) is 4.00. The molecule has 1 heterocycles. The van der Waals surface area contributed by atoms with E-state index in [9.17, 15) is 4.79 Å². The maximum Gasteiger partial charge on any atom is 0.239 e. The summed E-state index contributed by atoms with van der Waals surface area (Å²) >= 11 is 0. The van der Waals surface area contributed by atoms with Crippen LogP contribution in [0, 0.1) is 5.92 Å². The molecule has 0 aromatic heterocycles. The van der Waals surface area contributed by atoms with Gasteiger partial charge in [-0.3, -0.25) is 4.79 Å². The highest BCUT2D eigenvalue weighted by molar-refractivity contribution is 5.82. The van der Waals surface area contributed by atoms with Gasteiger partial charge < -0.3 is 10.6 Å². The van der Waals surface area contributed by atoms with Crippen LogP contribution in [0.5, 0.6) is 0 Å². The lowest BCUT2D eigenvalue weighted by molar-refractivity contribution is -0.132. The third kappa shape index (κ3) is 4.85. The fourth-order valence-electron chi connectivity index (χ4n) is 3.27. The van der Waals surface area contributed by atoms with Gasteiger partial charge in [0.1, 0.15) is 0 Å². The molecule has 0 radical (unpaired) electrons. The third-order valence-electron chi connectivity index (χ3n) is 4.47. The first kappa shape index (κ1) is 16.0. The van der Waals surface area contributed by atoms with E-state index < -0.39 is 6.04 Å². The second-order valence-electron chi connectivity index (χ2n) is 6.21. The predicted octanol–water partition coefficient (Wildman–Crippen LogP) is 2.99. The van der Waals surface area contributed by atoms with E-state index in [1.54, 1.807) is 0 Å². The Morgan fingerprint density at radius 2 is 2.05 bits per heavy atom. The number of likely N-dealkylation sites (tertiary alicyclic amines) is 1. The lowest BCUT2D eigenvalue weighted by atomic mass is 9.96. The van der Waals surface area contributed by atoms with Gasteiger partial charge in [0.05, 0.1) is 6.04 Å². The first-order valence-corrected chi connectivity index (χ1v) is 8.29. The van der Waals surface area contributed by atoms with Crippen LogP contribution in [0.4, 0.5) is 0 Å². The van der Waals surface area contributed by atoms with Crippen LogP contribution in [0.3, 0.4) is 0 Å². The molecule has 0 bridgehead atoms. The Hall–Kier alpha value is -1.35. The quantitative estimate of drug-likeness (QED) is 0.905. The van der Waals surface area contributed by atoms with Crippen molar-refractivity contribution in [1.82, 2.24) is 4.90 Å². The second kappa shape index (κ2) is 8.18. The Bertz CT molecular complexity index is 432. The van der Waals surface area contributed by atoms with Crippen molar-refractivity contribution in [3.8, 4) is 0 Å². The first-order chi connectivity index (χ1) is 10.2. The van der Waals surface area contributed by atoms with Gasteiger partial charge in [0, 0.05) is 13.1 Å². The summed E-state index contributed by atoms with van der Waals surface area (Å²) in [4.78, 5) is 14.5. The molecule has 1 aromatic rings. The van der Waals surface area contributed by atoms with Crippen molar-refractivity contribution in [2.75, 3.05) is 13.1 Å². The van der Waals surface area contributed by atoms with Crippen molar-refractivity contribution in [1.29, 1.82) is 0 Å². The number of amides is 1. The van der Waals surface area contributed by atoms with Crippen LogP contribution in [0.15, 0.2) is 30.3 Å². The average molecular weight is 288 g/mol. The van der Waals surface area contributed by atoms with E-state index in [1.807, 2.05) is 35.2 Å². The van der Waals surface area contributed by atoms with Crippen LogP contribution in [0.1, 0.15) is 44.6 Å². The highest BCUT2D eigenvalue weighted by atomic mass is 16.2. The first-order valence-electron chi connectivity index (χ1n) is 8.29. The van der Waals surface area contributed by atoms with Gasteiger partial charge in [-0.05, 0) is 37.2 Å². The van der Waals surface area contributed by atoms with E-state index in [4.69, 9.17) is 5.73 Å². The summed E-state index contributed by atoms with van der Waals surface area (Å²) in [6, 6.07) is 9.64. The largest absolute Gasteiger partial charge is 0.341 e. The monoisotopic (exact) mass is 288 g/mol. The molecule has 0 spiro atoms. The fourth-order valence-corrected chi connectivity index (χ4v) is 3.27. The van der Waals surface area contributed by atoms with Gasteiger partial charge in [0.2, 0.25) is 5.91 Å². The number of hydrogen-bond donors (Lipinski definition) is 1. The van der Waals surface area contributed by atoms with Gasteiger partial charge in [-0.2, -0.15) is 0 Å². The Morgan fingerprint density at radius 1 is 1.29 bits per heavy atom. The van der Waals surface area contributed by atoms with Gasteiger partial charge in [-0.15, -0.1) is 0 Å². The average Bonchev–Trinajstić information content (AvgIpc) is 2.73. The molecule has 116 valence electrons. The zero-order valence-corrected chi connectivity index (χ0v) is 13.1. The summed E-state index contributed by atoms with van der Waals surface area (Å²) in [5.41, 5.74) is 7.27. The molecule has 1 saturated heterocycles. The van der Waals surface area contributed by atoms with E-state index in [-0.39, 0.29) is 5.91 Å². The summed E-state index contributed by atoms with van der Waals surface area (Å²) in [6.07, 6.45) is 6.68. The van der Waals surface area contributed by atoms with Crippen LogP contribution >= 0.6 is 0 Å². The Kier molecular flexibility index (Phi) is 6.24. The minimum atomic E-state index is -0.407. The molecule has 2 N–H and O–H groups in total. The molecule has 1 amide bonds. The standard InChI is InChI=1S/C18H28N2O/c1-2-7-15-10-6-12-20(13-11-15)18(21)17(19)14-16-8-4-3-5-9-16/h3-5,8-9,15,17H,2,6-7,10-14,19H2,1H3/t15?,17-/m1/s1. The van der Waals surface area contributed by atoms with E-state index in [0.29, 0.717) is 6.42 Å². The minimum Gasteiger partial charge on any atom is -0.341 e. The smallest absolute Gasteiger partial charge is 0.239 e. The summed E-state index contributed by atoms with van der Waals surface area (Å²) in [5.74, 6) is 0.911. The van der Waals surface area contributed by atoms with E-state index in [1.165, 1.54) is 19.3 Å². The van der Waals surface area contributed by atoms with Crippen molar-refractivity contribution >= 4 is 5.91 Å². The summed E-state index contributed by atoms with van der Waals surface area (Å²) in [5, 5.41) is 0. The van der Waals surface area contributed by atoms with Crippen LogP contribution < -0.4 is 5.73 Å². The SMILES string of the molecule is CCCC1CCCN(C(=O)[C@H](N)Cc2ccccc2)CC1. The molecule has 3 nitrogen and oxygen atoms in total. The number of carbonyl (C=O) groups is 1. The second-order valence-corrected chi connectivity index (χ2v) is 6.21. The third-order valence-corrected chi connectivity index (χ3v) is 4.47. The van der Waals surface area contributed by atoms with Crippen LogP contribution in [0.25, 0.3) is 0 Å². The molecule has 1 aliphatic heterocycles. The Balaban J connectivity index is 1.87. The Morgan fingerprint density at radius 3 is 2.76 bits per heavy atom. The molecular weight excluding hydrogens is 260 g/mol. The molecular formula is C18H28N2O. The molecule has 2 atom stereocenters. The highest BCUT2D eigenvalue weighted by Crippen LogP contribution is 2.22. The van der Waals surface area contributed by atoms with Gasteiger partial charge in [0.25, 0.3) is 0 Å². The molecule has 1 unspecified atom stereocenters. The minimum absolute atomic E-state index is 0.121. The molecule has 21 heavy (non-hydrogen) atoms. The van der Waals surface area contributed by atoms with Crippen LogP contribution in [0.2, 0.25) is 0 Å². The number of carbonyl (C=O) groups excluding carboxylic acids is 1. The number of benzene rings is 1. The van der Waals surface area contributed by atoms with E-state index >= 15 is 0 Å². The summed E-state index contributed by atoms with van der Waals surface area (Å²) < 4.78 is 0. The van der Waals surface area contributed by atoms with Gasteiger partial charge >= 0.3 is 0 Å². The molecule has 0 aliphatic carbocycles. The number of nitrogens with zero attached hydrogens (tertiary/aromatic N) is 1. The van der Waals surface area contributed by atoms with Gasteiger partial charge in [0.15, 0.2) is 0 Å². The number of rotatable bonds is 5. The molecule has 1 aliphatic rings. The predicted molar refractivity (Wildman–Crippen MR) is 87.0 cm³/mol. The topological polar surface area (TPSA) is 46.3 Å². The summed E-state index contributed by atoms with van der Waals surface area (Å²) in [7, 11) is 0. The molecule has 1 aromatic carbocycles. The van der Waals surface area contributed by atoms with Crippen LogP contribution in [-0.2, 0) is 11.2 Å². The zero-order valence-electron chi connectivity index (χ0n) is 13.1. The van der Waals surface area contributed by atoms with E-state index in [0.717, 1.165) is 37.4 Å². The fraction of sp³-hybridized carbons (Fsp3) is 0.611.